The van der Waals surface area contributed by atoms with Crippen molar-refractivity contribution in [2.75, 3.05) is 27.1 Å². The zero-order chi connectivity index (χ0) is 16.7. The minimum atomic E-state index is -0.277. The van der Waals surface area contributed by atoms with Gasteiger partial charge in [0.2, 0.25) is 0 Å². The van der Waals surface area contributed by atoms with Gasteiger partial charge >= 0.3 is 5.97 Å². The largest absolute Gasteiger partial charge is 0.465 e. The van der Waals surface area contributed by atoms with Crippen molar-refractivity contribution in [3.63, 3.8) is 0 Å². The lowest BCUT2D eigenvalue weighted by Crippen LogP contribution is -2.50. The number of carbonyl (C=O) groups excluding carboxylic acids is 1. The number of esters is 1. The highest BCUT2D eigenvalue weighted by atomic mass is 16.7. The molecule has 0 N–H and O–H groups in total. The second kappa shape index (κ2) is 9.01. The van der Waals surface area contributed by atoms with Gasteiger partial charge in [0.15, 0.2) is 0 Å². The second-order valence-corrected chi connectivity index (χ2v) is 5.81. The topological polar surface area (TPSA) is 48.0 Å². The van der Waals surface area contributed by atoms with E-state index in [1.165, 1.54) is 5.56 Å². The van der Waals surface area contributed by atoms with Gasteiger partial charge in [-0.1, -0.05) is 30.3 Å². The molecule has 1 heterocycles. The summed E-state index contributed by atoms with van der Waals surface area (Å²) >= 11 is 0. The van der Waals surface area contributed by atoms with E-state index in [9.17, 15) is 4.79 Å². The first-order valence-electron chi connectivity index (χ1n) is 8.25. The van der Waals surface area contributed by atoms with Gasteiger partial charge in [-0.25, -0.2) is 0 Å². The molecule has 0 saturated carbocycles. The van der Waals surface area contributed by atoms with Crippen LogP contribution in [0.5, 0.6) is 0 Å². The molecule has 0 aliphatic carbocycles. The van der Waals surface area contributed by atoms with Crippen LogP contribution in [-0.4, -0.2) is 50.1 Å². The minimum Gasteiger partial charge on any atom is -0.465 e. The molecule has 1 aliphatic heterocycles. The zero-order valence-corrected chi connectivity index (χ0v) is 14.2. The molecule has 0 aromatic heterocycles. The van der Waals surface area contributed by atoms with Gasteiger partial charge in [0.25, 0.3) is 0 Å². The number of hydrogen-bond donors (Lipinski definition) is 0. The maximum Gasteiger partial charge on any atom is 0.323 e. The minimum absolute atomic E-state index is 0.0311. The van der Waals surface area contributed by atoms with Crippen molar-refractivity contribution in [2.24, 2.45) is 0 Å². The Labute approximate surface area is 138 Å². The predicted octanol–water partition coefficient (Wildman–Crippen LogP) is 2.76. The Hall–Kier alpha value is -1.43. The summed E-state index contributed by atoms with van der Waals surface area (Å²) < 4.78 is 15.9. The Morgan fingerprint density at radius 2 is 2.09 bits per heavy atom. The van der Waals surface area contributed by atoms with Crippen LogP contribution in [0.4, 0.5) is 0 Å². The summed E-state index contributed by atoms with van der Waals surface area (Å²) in [5.41, 5.74) is 1.21. The summed E-state index contributed by atoms with van der Waals surface area (Å²) in [5, 5.41) is 0. The Bertz CT molecular complexity index is 479. The quantitative estimate of drug-likeness (QED) is 0.571. The zero-order valence-electron chi connectivity index (χ0n) is 14.2. The Balaban J connectivity index is 2.11. The van der Waals surface area contributed by atoms with Crippen molar-refractivity contribution in [2.45, 2.75) is 44.9 Å². The molecular formula is C18H27NO4. The van der Waals surface area contributed by atoms with E-state index in [4.69, 9.17) is 14.2 Å². The predicted molar refractivity (Wildman–Crippen MR) is 88.0 cm³/mol. The summed E-state index contributed by atoms with van der Waals surface area (Å²) in [5.74, 6) is -0.166. The maximum atomic E-state index is 12.4. The first-order chi connectivity index (χ1) is 11.2. The van der Waals surface area contributed by atoms with Gasteiger partial charge in [-0.2, -0.15) is 0 Å². The number of nitrogens with zero attached hydrogens (tertiary/aromatic N) is 1. The molecule has 0 spiro atoms. The molecule has 3 atom stereocenters. The smallest absolute Gasteiger partial charge is 0.323 e. The van der Waals surface area contributed by atoms with E-state index >= 15 is 0 Å². The van der Waals surface area contributed by atoms with Crippen LogP contribution in [0.25, 0.3) is 0 Å². The Morgan fingerprint density at radius 3 is 2.74 bits per heavy atom. The van der Waals surface area contributed by atoms with Gasteiger partial charge in [0.05, 0.1) is 12.7 Å². The van der Waals surface area contributed by atoms with Crippen LogP contribution in [0.1, 0.15) is 38.3 Å². The number of hydrogen-bond acceptors (Lipinski definition) is 5. The van der Waals surface area contributed by atoms with E-state index in [-0.39, 0.29) is 30.9 Å². The van der Waals surface area contributed by atoms with Gasteiger partial charge in [0.1, 0.15) is 12.8 Å². The van der Waals surface area contributed by atoms with Crippen molar-refractivity contribution in [1.29, 1.82) is 0 Å². The van der Waals surface area contributed by atoms with Crippen LogP contribution in [0.2, 0.25) is 0 Å². The number of rotatable bonds is 7. The van der Waals surface area contributed by atoms with Gasteiger partial charge in [-0.3, -0.25) is 9.69 Å². The average Bonchev–Trinajstić information content (AvgIpc) is 2.60. The molecule has 0 radical (unpaired) electrons. The van der Waals surface area contributed by atoms with E-state index in [0.717, 1.165) is 13.0 Å². The third-order valence-electron chi connectivity index (χ3n) is 4.36. The molecule has 128 valence electrons. The lowest BCUT2D eigenvalue weighted by Gasteiger charge is -2.41. The molecule has 1 aromatic rings. The van der Waals surface area contributed by atoms with E-state index in [1.54, 1.807) is 7.11 Å². The Kier molecular flexibility index (Phi) is 7.02. The van der Waals surface area contributed by atoms with Gasteiger partial charge < -0.3 is 14.2 Å². The van der Waals surface area contributed by atoms with Gasteiger partial charge in [-0.15, -0.1) is 0 Å². The number of carbonyl (C=O) groups is 1. The molecule has 1 aliphatic rings. The highest BCUT2D eigenvalue weighted by Gasteiger charge is 2.37. The first-order valence-corrected chi connectivity index (χ1v) is 8.25. The van der Waals surface area contributed by atoms with Gasteiger partial charge in [0, 0.05) is 19.7 Å². The molecule has 0 bridgehead atoms. The van der Waals surface area contributed by atoms with E-state index < -0.39 is 0 Å². The van der Waals surface area contributed by atoms with Crippen molar-refractivity contribution in [3.05, 3.63) is 35.9 Å². The van der Waals surface area contributed by atoms with Crippen LogP contribution < -0.4 is 0 Å². The summed E-state index contributed by atoms with van der Waals surface area (Å²) in [4.78, 5) is 14.6. The van der Waals surface area contributed by atoms with Crippen LogP contribution in [0, 0.1) is 0 Å². The van der Waals surface area contributed by atoms with Crippen molar-refractivity contribution in [3.8, 4) is 0 Å². The molecule has 5 nitrogen and oxygen atoms in total. The maximum absolute atomic E-state index is 12.4. The van der Waals surface area contributed by atoms with Crippen molar-refractivity contribution >= 4 is 5.97 Å². The third-order valence-corrected chi connectivity index (χ3v) is 4.36. The molecular weight excluding hydrogens is 294 g/mol. The molecule has 1 fully saturated rings. The molecule has 1 aromatic carbocycles. The lowest BCUT2D eigenvalue weighted by atomic mass is 9.95. The fourth-order valence-corrected chi connectivity index (χ4v) is 3.12. The van der Waals surface area contributed by atoms with Crippen molar-refractivity contribution < 1.29 is 19.0 Å². The number of piperidine rings is 1. The highest BCUT2D eigenvalue weighted by Crippen LogP contribution is 2.30. The van der Waals surface area contributed by atoms with Crippen molar-refractivity contribution in [1.82, 2.24) is 4.90 Å². The fourth-order valence-electron chi connectivity index (χ4n) is 3.12. The second-order valence-electron chi connectivity index (χ2n) is 5.81. The third kappa shape index (κ3) is 4.77. The first kappa shape index (κ1) is 17.9. The van der Waals surface area contributed by atoms with Crippen LogP contribution in [-0.2, 0) is 19.0 Å². The lowest BCUT2D eigenvalue weighted by molar-refractivity contribution is -0.158. The van der Waals surface area contributed by atoms with Crippen LogP contribution in [0.15, 0.2) is 30.3 Å². The van der Waals surface area contributed by atoms with Crippen LogP contribution in [0.3, 0.4) is 0 Å². The molecule has 1 saturated heterocycles. The summed E-state index contributed by atoms with van der Waals surface area (Å²) in [6.45, 7) is 5.43. The normalized spacial score (nSPS) is 23.4. The SMILES string of the molecule is CCOC(=O)[C@H]1C[C@H](OCOC)CCN1[C@@H](C)c1ccccc1. The standard InChI is InChI=1S/C18H27NO4/c1-4-22-18(20)17-12-16(23-13-21-3)10-11-19(17)14(2)15-8-6-5-7-9-15/h5-9,14,16-17H,4,10-13H2,1-3H3/t14-,16+,17+/m0/s1. The molecule has 0 amide bonds. The monoisotopic (exact) mass is 321 g/mol. The highest BCUT2D eigenvalue weighted by molar-refractivity contribution is 5.76. The van der Waals surface area contributed by atoms with E-state index in [1.807, 2.05) is 25.1 Å². The van der Waals surface area contributed by atoms with Crippen LogP contribution >= 0.6 is 0 Å². The van der Waals surface area contributed by atoms with E-state index in [0.29, 0.717) is 13.0 Å². The molecule has 23 heavy (non-hydrogen) atoms. The summed E-state index contributed by atoms with van der Waals surface area (Å²) in [6, 6.07) is 10.1. The molecule has 5 heteroatoms. The Morgan fingerprint density at radius 1 is 1.35 bits per heavy atom. The number of likely N-dealkylation sites (tertiary alicyclic amines) is 1. The number of methoxy groups -OCH3 is 1. The van der Waals surface area contributed by atoms with E-state index in [2.05, 4.69) is 24.0 Å². The summed E-state index contributed by atoms with van der Waals surface area (Å²) in [6.07, 6.45) is 1.55. The number of benzene rings is 1. The average molecular weight is 321 g/mol. The fraction of sp³-hybridized carbons (Fsp3) is 0.611. The molecule has 0 unspecified atom stereocenters. The van der Waals surface area contributed by atoms with Gasteiger partial charge in [-0.05, 0) is 32.3 Å². The summed E-state index contributed by atoms with van der Waals surface area (Å²) in [7, 11) is 1.61. The number of ether oxygens (including phenoxy) is 3. The molecule has 2 rings (SSSR count).